The molecule has 0 saturated carbocycles. The Kier molecular flexibility index (Phi) is 5.77. The molecule has 0 fully saturated rings. The largest absolute Gasteiger partial charge is 0.451 e. The highest BCUT2D eigenvalue weighted by Gasteiger charge is 2.42. The van der Waals surface area contributed by atoms with Crippen molar-refractivity contribution in [3.8, 4) is 0 Å². The number of fused-ring (bicyclic) bond motifs is 1. The van der Waals surface area contributed by atoms with Crippen molar-refractivity contribution in [2.24, 2.45) is 0 Å². The maximum Gasteiger partial charge on any atom is 0.338 e. The van der Waals surface area contributed by atoms with E-state index in [1.54, 1.807) is 24.3 Å². The summed E-state index contributed by atoms with van der Waals surface area (Å²) in [6, 6.07) is 16.2. The smallest absolute Gasteiger partial charge is 0.338 e. The van der Waals surface area contributed by atoms with E-state index in [1.165, 1.54) is 43.3 Å². The van der Waals surface area contributed by atoms with Crippen LogP contribution in [0, 0.1) is 17.0 Å². The van der Waals surface area contributed by atoms with E-state index < -0.39 is 34.5 Å². The monoisotopic (exact) mass is 458 g/mol. The Balaban J connectivity index is 1.57. The first-order chi connectivity index (χ1) is 16.2. The standard InChI is InChI=1S/C25H18N2O7/c1-14-9-11-16(12-10-14)22(28)15(2)34-25(31)17-5-3-6-18(13-17)26-23(29)19-7-4-8-20(27(32)33)21(19)24(26)30/h3-13,15H,1-2H3/t15-/m1/s1. The Labute approximate surface area is 193 Å². The van der Waals surface area contributed by atoms with E-state index in [0.29, 0.717) is 5.56 Å². The normalized spacial score (nSPS) is 13.4. The molecule has 0 aromatic heterocycles. The molecule has 9 nitrogen and oxygen atoms in total. The zero-order chi connectivity index (χ0) is 24.6. The third kappa shape index (κ3) is 3.95. The number of ether oxygens (including phenoxy) is 1. The van der Waals surface area contributed by atoms with Gasteiger partial charge in [-0.05, 0) is 38.1 Å². The molecule has 170 valence electrons. The van der Waals surface area contributed by atoms with Gasteiger partial charge in [-0.3, -0.25) is 24.5 Å². The molecule has 0 unspecified atom stereocenters. The number of benzene rings is 3. The number of esters is 1. The van der Waals surface area contributed by atoms with Gasteiger partial charge in [0.1, 0.15) is 5.56 Å². The molecule has 0 bridgehead atoms. The molecule has 2 amide bonds. The first-order valence-corrected chi connectivity index (χ1v) is 10.3. The molecule has 34 heavy (non-hydrogen) atoms. The average molecular weight is 458 g/mol. The van der Waals surface area contributed by atoms with Gasteiger partial charge in [-0.2, -0.15) is 0 Å². The van der Waals surface area contributed by atoms with Gasteiger partial charge in [0, 0.05) is 11.6 Å². The fourth-order valence-corrected chi connectivity index (χ4v) is 3.66. The molecular weight excluding hydrogens is 440 g/mol. The third-order valence-corrected chi connectivity index (χ3v) is 5.42. The molecule has 3 aromatic carbocycles. The predicted octanol–water partition coefficient (Wildman–Crippen LogP) is 4.13. The summed E-state index contributed by atoms with van der Waals surface area (Å²) in [5.74, 6) is -2.80. The first kappa shape index (κ1) is 22.5. The van der Waals surface area contributed by atoms with Crippen LogP contribution >= 0.6 is 0 Å². The molecule has 1 heterocycles. The summed E-state index contributed by atoms with van der Waals surface area (Å²) < 4.78 is 5.30. The minimum Gasteiger partial charge on any atom is -0.451 e. The lowest BCUT2D eigenvalue weighted by Gasteiger charge is -2.16. The van der Waals surface area contributed by atoms with E-state index in [0.717, 1.165) is 16.5 Å². The van der Waals surface area contributed by atoms with Crippen LogP contribution in [0.5, 0.6) is 0 Å². The summed E-state index contributed by atoms with van der Waals surface area (Å²) in [5.41, 5.74) is 0.563. The minimum atomic E-state index is -1.07. The van der Waals surface area contributed by atoms with Gasteiger partial charge in [-0.25, -0.2) is 9.69 Å². The number of Topliss-reactive ketones (excluding diaryl/α,β-unsaturated/α-hetero) is 1. The SMILES string of the molecule is Cc1ccc(C(=O)[C@@H](C)OC(=O)c2cccc(N3C(=O)c4cccc([N+](=O)[O-])c4C3=O)c2)cc1. The number of anilines is 1. The number of ketones is 1. The van der Waals surface area contributed by atoms with Crippen molar-refractivity contribution in [3.05, 3.63) is 105 Å². The van der Waals surface area contributed by atoms with Crippen molar-refractivity contribution >= 4 is 34.9 Å². The van der Waals surface area contributed by atoms with Crippen LogP contribution < -0.4 is 4.90 Å². The number of aryl methyl sites for hydroxylation is 1. The van der Waals surface area contributed by atoms with Crippen molar-refractivity contribution in [2.45, 2.75) is 20.0 Å². The maximum absolute atomic E-state index is 12.9. The van der Waals surface area contributed by atoms with Crippen LogP contribution in [0.15, 0.2) is 66.7 Å². The second kappa shape index (κ2) is 8.70. The van der Waals surface area contributed by atoms with Crippen LogP contribution in [0.3, 0.4) is 0 Å². The summed E-state index contributed by atoms with van der Waals surface area (Å²) in [4.78, 5) is 62.3. The van der Waals surface area contributed by atoms with Gasteiger partial charge in [-0.15, -0.1) is 0 Å². The summed E-state index contributed by atoms with van der Waals surface area (Å²) in [6.45, 7) is 3.34. The van der Waals surface area contributed by atoms with Gasteiger partial charge in [-0.1, -0.05) is 42.0 Å². The van der Waals surface area contributed by atoms with Crippen molar-refractivity contribution in [1.82, 2.24) is 0 Å². The number of nitro benzene ring substituents is 1. The van der Waals surface area contributed by atoms with Crippen molar-refractivity contribution in [1.29, 1.82) is 0 Å². The molecule has 0 spiro atoms. The van der Waals surface area contributed by atoms with Gasteiger partial charge in [0.05, 0.1) is 21.7 Å². The number of nitro groups is 1. The van der Waals surface area contributed by atoms with Crippen LogP contribution in [0.4, 0.5) is 11.4 Å². The van der Waals surface area contributed by atoms with Crippen LogP contribution in [0.1, 0.15) is 53.9 Å². The van der Waals surface area contributed by atoms with Crippen molar-refractivity contribution in [2.75, 3.05) is 4.90 Å². The molecule has 0 aliphatic carbocycles. The van der Waals surface area contributed by atoms with Gasteiger partial charge in [0.25, 0.3) is 17.5 Å². The van der Waals surface area contributed by atoms with E-state index in [1.807, 2.05) is 6.92 Å². The highest BCUT2D eigenvalue weighted by Crippen LogP contribution is 2.34. The molecule has 1 aliphatic heterocycles. The predicted molar refractivity (Wildman–Crippen MR) is 121 cm³/mol. The Bertz CT molecular complexity index is 1360. The van der Waals surface area contributed by atoms with E-state index in [4.69, 9.17) is 4.74 Å². The van der Waals surface area contributed by atoms with E-state index in [2.05, 4.69) is 0 Å². The summed E-state index contributed by atoms with van der Waals surface area (Å²) in [6.07, 6.45) is -1.07. The zero-order valence-electron chi connectivity index (χ0n) is 18.2. The Morgan fingerprint density at radius 1 is 0.941 bits per heavy atom. The molecule has 1 atom stereocenters. The van der Waals surface area contributed by atoms with E-state index >= 15 is 0 Å². The lowest BCUT2D eigenvalue weighted by molar-refractivity contribution is -0.385. The maximum atomic E-state index is 12.9. The van der Waals surface area contributed by atoms with E-state index in [9.17, 15) is 29.3 Å². The number of carbonyl (C=O) groups is 4. The number of imide groups is 1. The molecule has 4 rings (SSSR count). The van der Waals surface area contributed by atoms with Crippen molar-refractivity contribution < 1.29 is 28.8 Å². The molecule has 3 aromatic rings. The molecule has 0 saturated heterocycles. The fourth-order valence-electron chi connectivity index (χ4n) is 3.66. The molecule has 9 heteroatoms. The van der Waals surface area contributed by atoms with Gasteiger partial charge < -0.3 is 4.74 Å². The molecule has 0 N–H and O–H groups in total. The molecule has 0 radical (unpaired) electrons. The number of hydrogen-bond acceptors (Lipinski definition) is 7. The highest BCUT2D eigenvalue weighted by molar-refractivity contribution is 6.35. The van der Waals surface area contributed by atoms with Gasteiger partial charge in [0.2, 0.25) is 5.78 Å². The van der Waals surface area contributed by atoms with Gasteiger partial charge in [0.15, 0.2) is 6.10 Å². The zero-order valence-corrected chi connectivity index (χ0v) is 18.2. The lowest BCUT2D eigenvalue weighted by atomic mass is 10.1. The lowest BCUT2D eigenvalue weighted by Crippen LogP contribution is -2.30. The minimum absolute atomic E-state index is 0.00659. The summed E-state index contributed by atoms with van der Waals surface area (Å²) in [5, 5.41) is 11.3. The average Bonchev–Trinajstić information content (AvgIpc) is 3.09. The highest BCUT2D eigenvalue weighted by atomic mass is 16.6. The number of carbonyl (C=O) groups excluding carboxylic acids is 4. The topological polar surface area (TPSA) is 124 Å². The second-order valence-corrected chi connectivity index (χ2v) is 7.73. The van der Waals surface area contributed by atoms with Crippen LogP contribution in [0.25, 0.3) is 0 Å². The molecule has 1 aliphatic rings. The Morgan fingerprint density at radius 2 is 1.62 bits per heavy atom. The van der Waals surface area contributed by atoms with Gasteiger partial charge >= 0.3 is 5.97 Å². The Hall–Kier alpha value is -4.66. The first-order valence-electron chi connectivity index (χ1n) is 10.3. The number of nitrogens with zero attached hydrogens (tertiary/aromatic N) is 2. The van der Waals surface area contributed by atoms with Crippen LogP contribution in [-0.4, -0.2) is 34.6 Å². The summed E-state index contributed by atoms with van der Waals surface area (Å²) >= 11 is 0. The Morgan fingerprint density at radius 3 is 2.29 bits per heavy atom. The fraction of sp³-hybridized carbons (Fsp3) is 0.120. The summed E-state index contributed by atoms with van der Waals surface area (Å²) in [7, 11) is 0. The van der Waals surface area contributed by atoms with Crippen LogP contribution in [-0.2, 0) is 4.74 Å². The second-order valence-electron chi connectivity index (χ2n) is 7.73. The number of hydrogen-bond donors (Lipinski definition) is 0. The quantitative estimate of drug-likeness (QED) is 0.179. The van der Waals surface area contributed by atoms with Crippen LogP contribution in [0.2, 0.25) is 0 Å². The van der Waals surface area contributed by atoms with E-state index in [-0.39, 0.29) is 28.2 Å². The number of amides is 2. The molecular formula is C25H18N2O7. The van der Waals surface area contributed by atoms with Crippen molar-refractivity contribution in [3.63, 3.8) is 0 Å². The third-order valence-electron chi connectivity index (χ3n) is 5.42. The number of rotatable bonds is 6.